The molecule has 1 aromatic rings. The first-order valence-corrected chi connectivity index (χ1v) is 7.24. The summed E-state index contributed by atoms with van der Waals surface area (Å²) in [5, 5.41) is 0. The van der Waals surface area contributed by atoms with Crippen LogP contribution in [0, 0.1) is 0 Å². The van der Waals surface area contributed by atoms with Crippen LogP contribution in [-0.2, 0) is 0 Å². The predicted molar refractivity (Wildman–Crippen MR) is 76.8 cm³/mol. The molecule has 1 aliphatic heterocycles. The van der Waals surface area contributed by atoms with Gasteiger partial charge in [0.2, 0.25) is 0 Å². The van der Waals surface area contributed by atoms with Crippen molar-refractivity contribution in [3.05, 3.63) is 46.2 Å². The normalized spacial score (nSPS) is 15.6. The van der Waals surface area contributed by atoms with Gasteiger partial charge in [0.25, 0.3) is 0 Å². The zero-order valence-electron chi connectivity index (χ0n) is 9.75. The maximum atomic E-state index is 3.99. The minimum atomic E-state index is 1.16. The van der Waals surface area contributed by atoms with E-state index in [4.69, 9.17) is 0 Å². The summed E-state index contributed by atoms with van der Waals surface area (Å²) in [5.74, 6) is 1.17. The molecule has 0 unspecified atom stereocenters. The minimum absolute atomic E-state index is 1.16. The molecule has 0 saturated heterocycles. The number of fused-ring (bicyclic) bond motifs is 1. The van der Waals surface area contributed by atoms with Crippen molar-refractivity contribution in [2.75, 3.05) is 5.75 Å². The van der Waals surface area contributed by atoms with E-state index in [9.17, 15) is 0 Å². The average molecular weight is 248 g/mol. The number of thioether (sulfide) groups is 2. The Hall–Kier alpha value is -0.600. The van der Waals surface area contributed by atoms with Gasteiger partial charge in [0.15, 0.2) is 0 Å². The molecule has 0 nitrogen and oxygen atoms in total. The number of allylic oxidation sites excluding steroid dienone is 3. The maximum absolute atomic E-state index is 3.99. The molecule has 1 aliphatic rings. The van der Waals surface area contributed by atoms with Crippen molar-refractivity contribution in [2.24, 2.45) is 0 Å². The van der Waals surface area contributed by atoms with Crippen LogP contribution in [-0.4, -0.2) is 5.75 Å². The summed E-state index contributed by atoms with van der Waals surface area (Å²) in [7, 11) is 0. The summed E-state index contributed by atoms with van der Waals surface area (Å²) in [4.78, 5) is 4.07. The fourth-order valence-electron chi connectivity index (χ4n) is 1.83. The zero-order valence-corrected chi connectivity index (χ0v) is 11.4. The fraction of sp³-hybridized carbons (Fsp3) is 0.286. The first-order valence-electron chi connectivity index (χ1n) is 5.44. The van der Waals surface area contributed by atoms with Gasteiger partial charge in [-0.15, -0.1) is 11.8 Å². The van der Waals surface area contributed by atoms with Crippen LogP contribution in [0.5, 0.6) is 0 Å². The van der Waals surface area contributed by atoms with Crippen LogP contribution < -0.4 is 0 Å². The molecule has 0 radical (unpaired) electrons. The molecular weight excluding hydrogens is 232 g/mol. The second kappa shape index (κ2) is 5.15. The number of hydrogen-bond donors (Lipinski definition) is 0. The van der Waals surface area contributed by atoms with Crippen molar-refractivity contribution in [3.63, 3.8) is 0 Å². The Labute approximate surface area is 106 Å². The fourth-order valence-corrected chi connectivity index (χ4v) is 3.93. The third-order valence-corrected chi connectivity index (χ3v) is 4.77. The third kappa shape index (κ3) is 2.55. The van der Waals surface area contributed by atoms with E-state index in [0.717, 1.165) is 6.42 Å². The van der Waals surface area contributed by atoms with Crippen molar-refractivity contribution in [1.82, 2.24) is 0 Å². The van der Waals surface area contributed by atoms with E-state index in [-0.39, 0.29) is 0 Å². The molecule has 0 N–H and O–H groups in total. The van der Waals surface area contributed by atoms with Crippen molar-refractivity contribution in [2.45, 2.75) is 25.2 Å². The molecule has 0 fully saturated rings. The van der Waals surface area contributed by atoms with Crippen molar-refractivity contribution < 1.29 is 0 Å². The molecule has 0 bridgehead atoms. The second-order valence-corrected chi connectivity index (χ2v) is 6.48. The molecule has 0 atom stereocenters. The number of hydrogen-bond acceptors (Lipinski definition) is 2. The lowest BCUT2D eigenvalue weighted by atomic mass is 10.1. The highest BCUT2D eigenvalue weighted by molar-refractivity contribution is 8.07. The topological polar surface area (TPSA) is 0 Å². The van der Waals surface area contributed by atoms with Crippen molar-refractivity contribution in [1.29, 1.82) is 0 Å². The van der Waals surface area contributed by atoms with Crippen LogP contribution in [0.1, 0.15) is 25.8 Å². The molecule has 1 heterocycles. The van der Waals surface area contributed by atoms with Crippen LogP contribution in [0.4, 0.5) is 0 Å². The van der Waals surface area contributed by atoms with Gasteiger partial charge in [-0.2, -0.15) is 0 Å². The molecule has 0 aromatic heterocycles. The lowest BCUT2D eigenvalue weighted by Crippen LogP contribution is -1.85. The smallest absolute Gasteiger partial charge is 0.0147 e. The minimum Gasteiger partial charge on any atom is -0.125 e. The van der Waals surface area contributed by atoms with E-state index in [0.29, 0.717) is 0 Å². The number of benzene rings is 1. The van der Waals surface area contributed by atoms with Gasteiger partial charge >= 0.3 is 0 Å². The summed E-state index contributed by atoms with van der Waals surface area (Å²) in [5.41, 5.74) is 2.82. The third-order valence-electron chi connectivity index (χ3n) is 2.59. The van der Waals surface area contributed by atoms with Crippen LogP contribution in [0.25, 0.3) is 5.57 Å². The van der Waals surface area contributed by atoms with Gasteiger partial charge in [-0.25, -0.2) is 0 Å². The van der Waals surface area contributed by atoms with Crippen LogP contribution >= 0.6 is 23.5 Å². The van der Waals surface area contributed by atoms with E-state index >= 15 is 0 Å². The largest absolute Gasteiger partial charge is 0.125 e. The van der Waals surface area contributed by atoms with Crippen molar-refractivity contribution in [3.8, 4) is 0 Å². The van der Waals surface area contributed by atoms with Crippen LogP contribution in [0.2, 0.25) is 0 Å². The predicted octanol–water partition coefficient (Wildman–Crippen LogP) is 5.18. The second-order valence-electron chi connectivity index (χ2n) is 3.95. The van der Waals surface area contributed by atoms with Gasteiger partial charge in [-0.1, -0.05) is 36.5 Å². The summed E-state index contributed by atoms with van der Waals surface area (Å²) in [6.45, 7) is 8.30. The Balaban J connectivity index is 2.43. The Bertz CT molecular complexity index is 444. The summed E-state index contributed by atoms with van der Waals surface area (Å²) in [6, 6.07) is 8.69. The first-order chi connectivity index (χ1) is 7.68. The molecule has 0 aliphatic carbocycles. The van der Waals surface area contributed by atoms with Crippen LogP contribution in [0.15, 0.2) is 45.6 Å². The highest BCUT2D eigenvalue weighted by atomic mass is 32.2. The Kier molecular flexibility index (Phi) is 3.82. The summed E-state index contributed by atoms with van der Waals surface area (Å²) < 4.78 is 0. The number of rotatable bonds is 2. The standard InChI is InChI=1S/C14H16S2/c1-10(2)16-13-8-9-15-14-7-5-4-6-12(14)11(13)3/h4-7H,1,8-9H2,2-3H3. The molecule has 0 amide bonds. The zero-order chi connectivity index (χ0) is 11.5. The van der Waals surface area contributed by atoms with Gasteiger partial charge in [0.1, 0.15) is 0 Å². The van der Waals surface area contributed by atoms with E-state index in [1.807, 2.05) is 23.5 Å². The van der Waals surface area contributed by atoms with Gasteiger partial charge in [0, 0.05) is 10.6 Å². The van der Waals surface area contributed by atoms with Gasteiger partial charge in [-0.05, 0) is 47.3 Å². The maximum Gasteiger partial charge on any atom is 0.0147 e. The lowest BCUT2D eigenvalue weighted by molar-refractivity contribution is 1.23. The highest BCUT2D eigenvalue weighted by Gasteiger charge is 2.14. The summed E-state index contributed by atoms with van der Waals surface area (Å²) in [6.07, 6.45) is 1.16. The Morgan fingerprint density at radius 3 is 2.88 bits per heavy atom. The molecule has 2 heteroatoms. The highest BCUT2D eigenvalue weighted by Crippen LogP contribution is 2.41. The van der Waals surface area contributed by atoms with Gasteiger partial charge < -0.3 is 0 Å². The quantitative estimate of drug-likeness (QED) is 0.707. The van der Waals surface area contributed by atoms with E-state index in [1.165, 1.54) is 31.6 Å². The SMILES string of the molecule is C=C(C)SC1=C(C)c2ccccc2SCC1. The van der Waals surface area contributed by atoms with Crippen molar-refractivity contribution >= 4 is 29.1 Å². The molecule has 0 saturated carbocycles. The summed E-state index contributed by atoms with van der Waals surface area (Å²) >= 11 is 3.79. The van der Waals surface area contributed by atoms with Crippen LogP contribution in [0.3, 0.4) is 0 Å². The Morgan fingerprint density at radius 2 is 2.12 bits per heavy atom. The molecule has 1 aromatic carbocycles. The lowest BCUT2D eigenvalue weighted by Gasteiger charge is -2.09. The van der Waals surface area contributed by atoms with Gasteiger partial charge in [0.05, 0.1) is 0 Å². The first kappa shape index (κ1) is 11.9. The Morgan fingerprint density at radius 1 is 1.38 bits per heavy atom. The van der Waals surface area contributed by atoms with E-state index in [2.05, 4.69) is 44.7 Å². The molecular formula is C14H16S2. The molecule has 84 valence electrons. The van der Waals surface area contributed by atoms with E-state index < -0.39 is 0 Å². The average Bonchev–Trinajstić information content (AvgIpc) is 2.40. The molecule has 2 rings (SSSR count). The van der Waals surface area contributed by atoms with Gasteiger partial charge in [-0.3, -0.25) is 0 Å². The molecule has 0 spiro atoms. The monoisotopic (exact) mass is 248 g/mol. The molecule has 16 heavy (non-hydrogen) atoms. The van der Waals surface area contributed by atoms with E-state index in [1.54, 1.807) is 0 Å².